The van der Waals surface area contributed by atoms with Gasteiger partial charge in [-0.15, -0.1) is 0 Å². The molecule has 4 aliphatic heterocycles. The molecule has 138 valence electrons. The van der Waals surface area contributed by atoms with Gasteiger partial charge in [0.25, 0.3) is 0 Å². The summed E-state index contributed by atoms with van der Waals surface area (Å²) >= 11 is 0. The highest BCUT2D eigenvalue weighted by Crippen LogP contribution is 2.33. The van der Waals surface area contributed by atoms with Gasteiger partial charge in [-0.2, -0.15) is 4.89 Å². The number of carbonyl (C=O) groups is 1. The average Bonchev–Trinajstić information content (AvgIpc) is 2.62. The van der Waals surface area contributed by atoms with Crippen LogP contribution in [0.2, 0.25) is 0 Å². The van der Waals surface area contributed by atoms with Crippen LogP contribution in [-0.2, 0) is 15.1 Å². The van der Waals surface area contributed by atoms with Gasteiger partial charge >= 0.3 is 5.97 Å². The minimum atomic E-state index is -0.935. The van der Waals surface area contributed by atoms with Crippen LogP contribution in [0.25, 0.3) is 0 Å². The van der Waals surface area contributed by atoms with Crippen LogP contribution < -0.4 is 9.62 Å². The number of rotatable bonds is 1. The molecule has 4 heterocycles. The normalized spacial score (nSPS) is 14.9. The first kappa shape index (κ1) is 19.5. The van der Waals surface area contributed by atoms with Crippen molar-refractivity contribution in [2.75, 3.05) is 13.2 Å². The van der Waals surface area contributed by atoms with Crippen LogP contribution in [0, 0.1) is 0 Å². The van der Waals surface area contributed by atoms with Crippen LogP contribution >= 0.6 is 0 Å². The van der Waals surface area contributed by atoms with Crippen molar-refractivity contribution in [2.24, 2.45) is 0 Å². The molecule has 26 heavy (non-hydrogen) atoms. The van der Waals surface area contributed by atoms with Crippen LogP contribution in [0.3, 0.4) is 0 Å². The highest BCUT2D eigenvalue weighted by atomic mass is 17.2. The summed E-state index contributed by atoms with van der Waals surface area (Å²) < 4.78 is 5.59. The fourth-order valence-corrected chi connectivity index (χ4v) is 2.36. The molecule has 0 atom stereocenters. The number of carboxylic acid groups (broad SMARTS) is 1. The first-order valence-electron chi connectivity index (χ1n) is 8.33. The number of benzene rings is 2. The fraction of sp³-hybridized carbons (Fsp3) is 0.286. The Morgan fingerprint density at radius 3 is 1.88 bits per heavy atom. The van der Waals surface area contributed by atoms with E-state index in [0.29, 0.717) is 19.0 Å². The Hall–Kier alpha value is -2.79. The van der Waals surface area contributed by atoms with Gasteiger partial charge in [0.2, 0.25) is 0 Å². The molecule has 5 nitrogen and oxygen atoms in total. The van der Waals surface area contributed by atoms with Crippen LogP contribution in [0.5, 0.6) is 11.5 Å². The average molecular weight is 356 g/mol. The zero-order chi connectivity index (χ0) is 19.2. The minimum Gasteiger partial charge on any atom is -0.491 e. The van der Waals surface area contributed by atoms with Crippen molar-refractivity contribution >= 4 is 5.97 Å². The molecular formula is C21H24O5. The standard InChI is InChI=1S/C17H18O3.C4H6O2/c1-17(2)13-3-7-15(8-4-13)18-11-12-19-20-16-9-5-14(17)6-10-16;1-3(2)4(5)6/h3-10H,11-12H2,1-2H3;1H2,2H3,(H,5,6). The van der Waals surface area contributed by atoms with E-state index in [0.717, 1.165) is 5.75 Å². The molecule has 5 heteroatoms. The number of hydrogen-bond donors (Lipinski definition) is 1. The quantitative estimate of drug-likeness (QED) is 0.607. The van der Waals surface area contributed by atoms with Crippen LogP contribution in [0.4, 0.5) is 0 Å². The molecule has 0 aromatic heterocycles. The van der Waals surface area contributed by atoms with E-state index < -0.39 is 5.97 Å². The third kappa shape index (κ3) is 5.10. The van der Waals surface area contributed by atoms with E-state index in [2.05, 4.69) is 44.7 Å². The van der Waals surface area contributed by atoms with Crippen molar-refractivity contribution in [1.29, 1.82) is 0 Å². The van der Waals surface area contributed by atoms with Crippen molar-refractivity contribution in [3.05, 3.63) is 71.8 Å². The molecule has 0 saturated heterocycles. The van der Waals surface area contributed by atoms with Crippen molar-refractivity contribution < 1.29 is 24.4 Å². The maximum atomic E-state index is 9.60. The largest absolute Gasteiger partial charge is 0.491 e. The van der Waals surface area contributed by atoms with E-state index in [4.69, 9.17) is 19.6 Å². The van der Waals surface area contributed by atoms with E-state index in [-0.39, 0.29) is 11.0 Å². The van der Waals surface area contributed by atoms with Crippen molar-refractivity contribution in [1.82, 2.24) is 0 Å². The predicted octanol–water partition coefficient (Wildman–Crippen LogP) is 4.36. The number of ether oxygens (including phenoxy) is 1. The summed E-state index contributed by atoms with van der Waals surface area (Å²) in [6, 6.07) is 16.2. The molecular weight excluding hydrogens is 332 g/mol. The van der Waals surface area contributed by atoms with Crippen LogP contribution in [-0.4, -0.2) is 24.3 Å². The van der Waals surface area contributed by atoms with Gasteiger partial charge in [0.15, 0.2) is 5.75 Å². The first-order valence-corrected chi connectivity index (χ1v) is 8.33. The number of hydrogen-bond acceptors (Lipinski definition) is 4. The predicted molar refractivity (Wildman–Crippen MR) is 99.5 cm³/mol. The Kier molecular flexibility index (Phi) is 6.41. The second kappa shape index (κ2) is 8.54. The van der Waals surface area contributed by atoms with Crippen molar-refractivity contribution in [3.8, 4) is 11.5 Å². The first-order chi connectivity index (χ1) is 12.3. The van der Waals surface area contributed by atoms with Gasteiger partial charge in [0.1, 0.15) is 19.0 Å². The lowest BCUT2D eigenvalue weighted by Crippen LogP contribution is -2.19. The SMILES string of the molecule is C=C(C)C(=O)O.CC1(C)c2ccc(cc2)OCCOOc2ccc1cc2. The molecule has 0 amide bonds. The third-order valence-corrected chi connectivity index (χ3v) is 4.11. The molecule has 0 saturated carbocycles. The van der Waals surface area contributed by atoms with Crippen LogP contribution in [0.1, 0.15) is 31.9 Å². The van der Waals surface area contributed by atoms with Gasteiger partial charge in [-0.25, -0.2) is 4.79 Å². The molecule has 0 fully saturated rings. The van der Waals surface area contributed by atoms with Gasteiger partial charge in [-0.1, -0.05) is 44.7 Å². The summed E-state index contributed by atoms with van der Waals surface area (Å²) in [7, 11) is 0. The van der Waals surface area contributed by atoms with Gasteiger partial charge in [0, 0.05) is 11.0 Å². The highest BCUT2D eigenvalue weighted by molar-refractivity contribution is 5.84. The second-order valence-electron chi connectivity index (χ2n) is 6.51. The molecule has 0 unspecified atom stereocenters. The topological polar surface area (TPSA) is 65.0 Å². The molecule has 1 N–H and O–H groups in total. The zero-order valence-corrected chi connectivity index (χ0v) is 15.3. The summed E-state index contributed by atoms with van der Waals surface area (Å²) in [4.78, 5) is 19.9. The van der Waals surface area contributed by atoms with Crippen molar-refractivity contribution in [3.63, 3.8) is 0 Å². The third-order valence-electron chi connectivity index (χ3n) is 4.11. The van der Waals surface area contributed by atoms with Gasteiger partial charge in [-0.3, -0.25) is 0 Å². The van der Waals surface area contributed by atoms with Crippen molar-refractivity contribution in [2.45, 2.75) is 26.2 Å². The monoisotopic (exact) mass is 356 g/mol. The lowest BCUT2D eigenvalue weighted by molar-refractivity contribution is -0.210. The summed E-state index contributed by atoms with van der Waals surface area (Å²) in [5, 5.41) is 7.89. The lowest BCUT2D eigenvalue weighted by atomic mass is 9.78. The highest BCUT2D eigenvalue weighted by Gasteiger charge is 2.23. The molecule has 2 aromatic carbocycles. The smallest absolute Gasteiger partial charge is 0.330 e. The van der Waals surface area contributed by atoms with E-state index in [1.807, 2.05) is 24.3 Å². The summed E-state index contributed by atoms with van der Waals surface area (Å²) in [6.45, 7) is 9.86. The second-order valence-corrected chi connectivity index (χ2v) is 6.51. The Balaban J connectivity index is 0.000000352. The Morgan fingerprint density at radius 2 is 1.42 bits per heavy atom. The van der Waals surface area contributed by atoms with E-state index in [1.54, 1.807) is 0 Å². The minimum absolute atomic E-state index is 0.0674. The number of aliphatic carboxylic acids is 1. The molecule has 0 aliphatic carbocycles. The number of carboxylic acids is 1. The molecule has 6 rings (SSSR count). The Bertz CT molecular complexity index is 681. The zero-order valence-electron chi connectivity index (χ0n) is 15.3. The van der Waals surface area contributed by atoms with Gasteiger partial charge < -0.3 is 14.7 Å². The molecule has 4 aliphatic rings. The fourth-order valence-electron chi connectivity index (χ4n) is 2.36. The summed E-state index contributed by atoms with van der Waals surface area (Å²) in [5.74, 6) is 0.615. The van der Waals surface area contributed by atoms with Gasteiger partial charge in [-0.05, 0) is 42.3 Å². The summed E-state index contributed by atoms with van der Waals surface area (Å²) in [5.41, 5.74) is 2.60. The Labute approximate surface area is 153 Å². The lowest BCUT2D eigenvalue weighted by Gasteiger charge is -2.26. The molecule has 0 radical (unpaired) electrons. The maximum absolute atomic E-state index is 9.60. The van der Waals surface area contributed by atoms with E-state index in [9.17, 15) is 4.79 Å². The van der Waals surface area contributed by atoms with Gasteiger partial charge in [0.05, 0.1) is 0 Å². The van der Waals surface area contributed by atoms with E-state index in [1.165, 1.54) is 18.1 Å². The Morgan fingerprint density at radius 1 is 0.962 bits per heavy atom. The molecule has 4 bridgehead atoms. The molecule has 0 spiro atoms. The summed E-state index contributed by atoms with van der Waals surface area (Å²) in [6.07, 6.45) is 0. The van der Waals surface area contributed by atoms with Crippen LogP contribution in [0.15, 0.2) is 60.7 Å². The maximum Gasteiger partial charge on any atom is 0.330 e. The molecule has 2 aromatic rings. The van der Waals surface area contributed by atoms with E-state index >= 15 is 0 Å².